The van der Waals surface area contributed by atoms with Gasteiger partial charge in [0.15, 0.2) is 0 Å². The first-order chi connectivity index (χ1) is 8.34. The molecule has 98 valence electrons. The van der Waals surface area contributed by atoms with E-state index in [-0.39, 0.29) is 11.6 Å². The molecule has 0 radical (unpaired) electrons. The second kappa shape index (κ2) is 5.48. The molecule has 0 spiro atoms. The van der Waals surface area contributed by atoms with Gasteiger partial charge in [-0.15, -0.1) is 0 Å². The fourth-order valence-electron chi connectivity index (χ4n) is 1.55. The van der Waals surface area contributed by atoms with Crippen LogP contribution in [0.2, 0.25) is 0 Å². The highest BCUT2D eigenvalue weighted by atomic mass is 16.4. The number of aromatic nitrogens is 1. The molecule has 18 heavy (non-hydrogen) atoms. The van der Waals surface area contributed by atoms with E-state index in [0.717, 1.165) is 4.90 Å². The Morgan fingerprint density at radius 1 is 1.44 bits per heavy atom. The fourth-order valence-corrected chi connectivity index (χ4v) is 1.55. The number of carbonyl (C=O) groups excluding carboxylic acids is 1. The second-order valence-corrected chi connectivity index (χ2v) is 4.26. The van der Waals surface area contributed by atoms with Gasteiger partial charge in [0.25, 0.3) is 11.5 Å². The summed E-state index contributed by atoms with van der Waals surface area (Å²) in [4.78, 5) is 35.8. The molecule has 6 heteroatoms. The molecule has 1 N–H and O–H groups in total. The summed E-state index contributed by atoms with van der Waals surface area (Å²) in [7, 11) is 1.54. The molecule has 1 amide bonds. The first-order valence-electron chi connectivity index (χ1n) is 5.53. The normalized spacial score (nSPS) is 10.4. The van der Waals surface area contributed by atoms with Gasteiger partial charge in [-0.25, -0.2) is 0 Å². The zero-order valence-corrected chi connectivity index (χ0v) is 10.6. The van der Waals surface area contributed by atoms with Crippen molar-refractivity contribution >= 4 is 11.9 Å². The van der Waals surface area contributed by atoms with Crippen molar-refractivity contribution < 1.29 is 14.7 Å². The van der Waals surface area contributed by atoms with Gasteiger partial charge in [0.2, 0.25) is 0 Å². The number of aliphatic carboxylic acids is 1. The Bertz CT molecular complexity index is 519. The van der Waals surface area contributed by atoms with Crippen LogP contribution in [0.25, 0.3) is 0 Å². The van der Waals surface area contributed by atoms with Crippen LogP contribution in [0.15, 0.2) is 23.1 Å². The number of carboxylic acid groups (broad SMARTS) is 1. The van der Waals surface area contributed by atoms with E-state index in [1.807, 2.05) is 0 Å². The van der Waals surface area contributed by atoms with Gasteiger partial charge < -0.3 is 14.6 Å². The predicted molar refractivity (Wildman–Crippen MR) is 65.5 cm³/mol. The molecule has 1 aromatic heterocycles. The van der Waals surface area contributed by atoms with Crippen molar-refractivity contribution in [2.75, 3.05) is 6.54 Å². The van der Waals surface area contributed by atoms with Crippen LogP contribution >= 0.6 is 0 Å². The molecule has 0 saturated carbocycles. The maximum Gasteiger partial charge on any atom is 0.323 e. The maximum atomic E-state index is 12.1. The smallest absolute Gasteiger partial charge is 0.323 e. The topological polar surface area (TPSA) is 79.6 Å². The van der Waals surface area contributed by atoms with Gasteiger partial charge in [0.1, 0.15) is 12.1 Å². The number of aryl methyl sites for hydroxylation is 1. The third-order valence-electron chi connectivity index (χ3n) is 2.54. The molecular weight excluding hydrogens is 236 g/mol. The number of rotatable bonds is 4. The SMILES string of the molecule is CC(C)N(CC(=O)O)C(=O)c1cccn(C)c1=O. The van der Waals surface area contributed by atoms with Crippen LogP contribution in [-0.4, -0.2) is 39.0 Å². The van der Waals surface area contributed by atoms with Crippen LogP contribution in [0.5, 0.6) is 0 Å². The lowest BCUT2D eigenvalue weighted by molar-refractivity contribution is -0.138. The van der Waals surface area contributed by atoms with Crippen LogP contribution < -0.4 is 5.56 Å². The van der Waals surface area contributed by atoms with Crippen molar-refractivity contribution in [2.24, 2.45) is 7.05 Å². The summed E-state index contributed by atoms with van der Waals surface area (Å²) in [6.45, 7) is 2.98. The van der Waals surface area contributed by atoms with E-state index in [1.54, 1.807) is 19.9 Å². The highest BCUT2D eigenvalue weighted by molar-refractivity contribution is 5.95. The highest BCUT2D eigenvalue weighted by Crippen LogP contribution is 2.05. The minimum atomic E-state index is -1.11. The Balaban J connectivity index is 3.14. The van der Waals surface area contributed by atoms with E-state index in [9.17, 15) is 14.4 Å². The summed E-state index contributed by atoms with van der Waals surface area (Å²) >= 11 is 0. The molecular formula is C12H16N2O4. The van der Waals surface area contributed by atoms with Crippen LogP contribution in [0.1, 0.15) is 24.2 Å². The summed E-state index contributed by atoms with van der Waals surface area (Å²) in [6, 6.07) is 2.69. The zero-order valence-electron chi connectivity index (χ0n) is 10.6. The average Bonchev–Trinajstić information content (AvgIpc) is 2.28. The molecule has 0 atom stereocenters. The molecule has 0 aliphatic carbocycles. The Kier molecular flexibility index (Phi) is 4.25. The average molecular weight is 252 g/mol. The summed E-state index contributed by atoms with van der Waals surface area (Å²) in [5.74, 6) is -1.67. The second-order valence-electron chi connectivity index (χ2n) is 4.26. The van der Waals surface area contributed by atoms with E-state index in [1.165, 1.54) is 23.9 Å². The molecule has 6 nitrogen and oxygen atoms in total. The standard InChI is InChI=1S/C12H16N2O4/c1-8(2)14(7-10(15)16)12(18)9-5-4-6-13(3)11(9)17/h4-6,8H,7H2,1-3H3,(H,15,16). The lowest BCUT2D eigenvalue weighted by atomic mass is 10.2. The Morgan fingerprint density at radius 3 is 2.56 bits per heavy atom. The van der Waals surface area contributed by atoms with Crippen molar-refractivity contribution in [3.8, 4) is 0 Å². The van der Waals surface area contributed by atoms with Crippen molar-refractivity contribution in [3.05, 3.63) is 34.2 Å². The Hall–Kier alpha value is -2.11. The molecule has 0 saturated heterocycles. The molecule has 1 heterocycles. The number of nitrogens with zero attached hydrogens (tertiary/aromatic N) is 2. The number of amides is 1. The van der Waals surface area contributed by atoms with Gasteiger partial charge in [0.05, 0.1) is 0 Å². The molecule has 1 rings (SSSR count). The first kappa shape index (κ1) is 14.0. The summed E-state index contributed by atoms with van der Waals surface area (Å²) in [6.07, 6.45) is 1.54. The Morgan fingerprint density at radius 2 is 2.06 bits per heavy atom. The fraction of sp³-hybridized carbons (Fsp3) is 0.417. The van der Waals surface area contributed by atoms with Gasteiger partial charge in [-0.2, -0.15) is 0 Å². The molecule has 0 bridgehead atoms. The van der Waals surface area contributed by atoms with Crippen molar-refractivity contribution in [1.29, 1.82) is 0 Å². The molecule has 0 unspecified atom stereocenters. The van der Waals surface area contributed by atoms with Gasteiger partial charge in [0, 0.05) is 19.3 Å². The van der Waals surface area contributed by atoms with Gasteiger partial charge in [-0.05, 0) is 26.0 Å². The van der Waals surface area contributed by atoms with E-state index in [2.05, 4.69) is 0 Å². The summed E-state index contributed by atoms with van der Waals surface area (Å²) in [5, 5.41) is 8.78. The van der Waals surface area contributed by atoms with Gasteiger partial charge in [-0.1, -0.05) is 0 Å². The predicted octanol–water partition coefficient (Wildman–Crippen LogP) is 0.320. The molecule has 0 aromatic carbocycles. The van der Waals surface area contributed by atoms with Gasteiger partial charge >= 0.3 is 5.97 Å². The number of carboxylic acids is 1. The number of pyridine rings is 1. The minimum Gasteiger partial charge on any atom is -0.480 e. The number of carbonyl (C=O) groups is 2. The summed E-state index contributed by atoms with van der Waals surface area (Å²) < 4.78 is 1.28. The molecule has 1 aromatic rings. The summed E-state index contributed by atoms with van der Waals surface area (Å²) in [5.41, 5.74) is -0.450. The van der Waals surface area contributed by atoms with Crippen molar-refractivity contribution in [1.82, 2.24) is 9.47 Å². The largest absolute Gasteiger partial charge is 0.480 e. The third kappa shape index (κ3) is 2.97. The van der Waals surface area contributed by atoms with E-state index < -0.39 is 24.0 Å². The van der Waals surface area contributed by atoms with E-state index in [4.69, 9.17) is 5.11 Å². The van der Waals surface area contributed by atoms with Crippen LogP contribution in [0.4, 0.5) is 0 Å². The number of hydrogen-bond donors (Lipinski definition) is 1. The lowest BCUT2D eigenvalue weighted by Crippen LogP contribution is -2.43. The first-order valence-corrected chi connectivity index (χ1v) is 5.53. The van der Waals surface area contributed by atoms with Crippen molar-refractivity contribution in [2.45, 2.75) is 19.9 Å². The van der Waals surface area contributed by atoms with Crippen LogP contribution in [-0.2, 0) is 11.8 Å². The quantitative estimate of drug-likeness (QED) is 0.837. The lowest BCUT2D eigenvalue weighted by Gasteiger charge is -2.24. The van der Waals surface area contributed by atoms with Gasteiger partial charge in [-0.3, -0.25) is 14.4 Å². The van der Waals surface area contributed by atoms with E-state index in [0.29, 0.717) is 0 Å². The van der Waals surface area contributed by atoms with Crippen LogP contribution in [0.3, 0.4) is 0 Å². The zero-order chi connectivity index (χ0) is 13.9. The molecule has 0 aliphatic heterocycles. The molecule has 0 fully saturated rings. The minimum absolute atomic E-state index is 0.0186. The maximum absolute atomic E-state index is 12.1. The highest BCUT2D eigenvalue weighted by Gasteiger charge is 2.23. The van der Waals surface area contributed by atoms with Crippen LogP contribution in [0, 0.1) is 0 Å². The molecule has 0 aliphatic rings. The third-order valence-corrected chi connectivity index (χ3v) is 2.54. The van der Waals surface area contributed by atoms with E-state index >= 15 is 0 Å². The van der Waals surface area contributed by atoms with Crippen molar-refractivity contribution in [3.63, 3.8) is 0 Å². The Labute approximate surface area is 104 Å². The number of hydrogen-bond acceptors (Lipinski definition) is 3. The monoisotopic (exact) mass is 252 g/mol.